The van der Waals surface area contributed by atoms with Gasteiger partial charge in [-0.05, 0) is 52.1 Å². The maximum atomic E-state index is 5.23. The van der Waals surface area contributed by atoms with Crippen molar-refractivity contribution in [3.05, 3.63) is 17.0 Å². The van der Waals surface area contributed by atoms with Crippen LogP contribution in [0.3, 0.4) is 0 Å². The fourth-order valence-electron chi connectivity index (χ4n) is 3.80. The van der Waals surface area contributed by atoms with E-state index in [-0.39, 0.29) is 0 Å². The fraction of sp³-hybridized carbons (Fsp3) is 0.800. The number of hydrogen-bond acceptors (Lipinski definition) is 4. The Morgan fingerprint density at radius 1 is 1.15 bits per heavy atom. The molecule has 1 unspecified atom stereocenters. The number of hydrogen-bond donors (Lipinski definition) is 2. The number of nitrogens with one attached hydrogen (secondary N) is 2. The first kappa shape index (κ1) is 20.7. The van der Waals surface area contributed by atoms with Crippen molar-refractivity contribution in [2.45, 2.75) is 65.8 Å². The normalized spacial score (nSPS) is 18.0. The minimum Gasteiger partial charge on any atom is -0.361 e. The molecular weight excluding hydrogens is 326 g/mol. The second kappa shape index (κ2) is 10.6. The van der Waals surface area contributed by atoms with Crippen molar-refractivity contribution in [2.75, 3.05) is 33.2 Å². The molecule has 1 aliphatic heterocycles. The van der Waals surface area contributed by atoms with Gasteiger partial charge in [0.1, 0.15) is 5.76 Å². The monoisotopic (exact) mass is 363 g/mol. The summed E-state index contributed by atoms with van der Waals surface area (Å²) in [6.07, 6.45) is 6.29. The molecule has 0 aliphatic carbocycles. The number of likely N-dealkylation sites (tertiary alicyclic amines) is 1. The molecule has 1 aliphatic rings. The first-order chi connectivity index (χ1) is 12.5. The molecule has 148 valence electrons. The van der Waals surface area contributed by atoms with E-state index in [9.17, 15) is 0 Å². The van der Waals surface area contributed by atoms with E-state index in [2.05, 4.69) is 39.5 Å². The molecule has 0 spiro atoms. The predicted molar refractivity (Wildman–Crippen MR) is 108 cm³/mol. The average Bonchev–Trinajstić information content (AvgIpc) is 2.82. The van der Waals surface area contributed by atoms with Gasteiger partial charge in [-0.2, -0.15) is 0 Å². The third-order valence-corrected chi connectivity index (χ3v) is 5.43. The Morgan fingerprint density at radius 3 is 2.38 bits per heavy atom. The van der Waals surface area contributed by atoms with Crippen LogP contribution < -0.4 is 10.6 Å². The molecule has 0 amide bonds. The van der Waals surface area contributed by atoms with Crippen molar-refractivity contribution < 1.29 is 4.52 Å². The molecule has 2 rings (SSSR count). The van der Waals surface area contributed by atoms with Crippen LogP contribution in [0.2, 0.25) is 0 Å². The molecule has 1 aromatic heterocycles. The van der Waals surface area contributed by atoms with Crippen LogP contribution in [-0.4, -0.2) is 55.3 Å². The lowest BCUT2D eigenvalue weighted by molar-refractivity contribution is 0.161. The van der Waals surface area contributed by atoms with E-state index < -0.39 is 0 Å². The van der Waals surface area contributed by atoms with E-state index in [4.69, 9.17) is 4.52 Å². The van der Waals surface area contributed by atoms with Gasteiger partial charge in [0.2, 0.25) is 0 Å². The zero-order chi connectivity index (χ0) is 18.9. The van der Waals surface area contributed by atoms with Crippen LogP contribution in [0.15, 0.2) is 9.52 Å². The first-order valence-electron chi connectivity index (χ1n) is 10.1. The zero-order valence-corrected chi connectivity index (χ0v) is 17.3. The molecule has 2 heterocycles. The first-order valence-corrected chi connectivity index (χ1v) is 10.1. The third kappa shape index (κ3) is 6.01. The standard InChI is InChI=1S/C20H37N5O/c1-15(2)19(25-12-8-6-7-9-13-25)14-23-20(21-5)22-11-10-18-16(3)24-26-17(18)4/h15,19H,6-14H2,1-5H3,(H2,21,22,23). The lowest BCUT2D eigenvalue weighted by Crippen LogP contribution is -2.50. The Morgan fingerprint density at radius 2 is 1.85 bits per heavy atom. The summed E-state index contributed by atoms with van der Waals surface area (Å²) in [5.74, 6) is 2.41. The molecule has 0 aromatic carbocycles. The second-order valence-corrected chi connectivity index (χ2v) is 7.69. The number of nitrogens with zero attached hydrogens (tertiary/aromatic N) is 3. The van der Waals surface area contributed by atoms with Gasteiger partial charge < -0.3 is 15.2 Å². The summed E-state index contributed by atoms with van der Waals surface area (Å²) in [4.78, 5) is 7.05. The number of rotatable bonds is 7. The average molecular weight is 364 g/mol. The van der Waals surface area contributed by atoms with Crippen LogP contribution in [-0.2, 0) is 6.42 Å². The largest absolute Gasteiger partial charge is 0.361 e. The Bertz CT molecular complexity index is 539. The van der Waals surface area contributed by atoms with E-state index >= 15 is 0 Å². The highest BCUT2D eigenvalue weighted by Gasteiger charge is 2.22. The van der Waals surface area contributed by atoms with Crippen LogP contribution in [0.25, 0.3) is 0 Å². The van der Waals surface area contributed by atoms with Gasteiger partial charge in [-0.15, -0.1) is 0 Å². The van der Waals surface area contributed by atoms with Crippen molar-refractivity contribution in [1.29, 1.82) is 0 Å². The van der Waals surface area contributed by atoms with E-state index in [0.29, 0.717) is 12.0 Å². The maximum absolute atomic E-state index is 5.23. The number of aliphatic imine (C=N–C) groups is 1. The number of aromatic nitrogens is 1. The molecule has 26 heavy (non-hydrogen) atoms. The Hall–Kier alpha value is -1.56. The van der Waals surface area contributed by atoms with E-state index in [0.717, 1.165) is 36.9 Å². The highest BCUT2D eigenvalue weighted by molar-refractivity contribution is 5.79. The molecule has 6 heteroatoms. The quantitative estimate of drug-likeness (QED) is 0.576. The lowest BCUT2D eigenvalue weighted by atomic mass is 10.0. The molecular formula is C20H37N5O. The smallest absolute Gasteiger partial charge is 0.191 e. The van der Waals surface area contributed by atoms with Gasteiger partial charge in [-0.25, -0.2) is 0 Å². The second-order valence-electron chi connectivity index (χ2n) is 7.69. The molecule has 1 atom stereocenters. The summed E-state index contributed by atoms with van der Waals surface area (Å²) in [6.45, 7) is 12.8. The zero-order valence-electron chi connectivity index (χ0n) is 17.3. The van der Waals surface area contributed by atoms with Crippen LogP contribution in [0.4, 0.5) is 0 Å². The Kier molecular flexibility index (Phi) is 8.42. The minimum absolute atomic E-state index is 0.550. The summed E-state index contributed by atoms with van der Waals surface area (Å²) in [7, 11) is 1.83. The molecule has 2 N–H and O–H groups in total. The third-order valence-electron chi connectivity index (χ3n) is 5.43. The molecule has 0 radical (unpaired) electrons. The summed E-state index contributed by atoms with van der Waals surface area (Å²) in [6, 6.07) is 0.550. The summed E-state index contributed by atoms with van der Waals surface area (Å²) < 4.78 is 5.23. The predicted octanol–water partition coefficient (Wildman–Crippen LogP) is 2.90. The minimum atomic E-state index is 0.550. The summed E-state index contributed by atoms with van der Waals surface area (Å²) >= 11 is 0. The van der Waals surface area contributed by atoms with Gasteiger partial charge in [-0.3, -0.25) is 9.89 Å². The van der Waals surface area contributed by atoms with Crippen molar-refractivity contribution in [2.24, 2.45) is 10.9 Å². The Labute approximate surface area is 158 Å². The van der Waals surface area contributed by atoms with E-state index in [1.54, 1.807) is 0 Å². The van der Waals surface area contributed by atoms with E-state index in [1.165, 1.54) is 44.3 Å². The van der Waals surface area contributed by atoms with Gasteiger partial charge in [0.15, 0.2) is 5.96 Å². The Balaban J connectivity index is 1.82. The van der Waals surface area contributed by atoms with Crippen LogP contribution in [0.1, 0.15) is 56.5 Å². The van der Waals surface area contributed by atoms with Gasteiger partial charge >= 0.3 is 0 Å². The molecule has 1 saturated heterocycles. The van der Waals surface area contributed by atoms with Gasteiger partial charge in [0, 0.05) is 31.7 Å². The SMILES string of the molecule is CN=C(NCCc1c(C)noc1C)NCC(C(C)C)N1CCCCCC1. The van der Waals surface area contributed by atoms with Crippen molar-refractivity contribution in [1.82, 2.24) is 20.7 Å². The molecule has 1 fully saturated rings. The maximum Gasteiger partial charge on any atom is 0.191 e. The fourth-order valence-corrected chi connectivity index (χ4v) is 3.80. The van der Waals surface area contributed by atoms with Crippen molar-refractivity contribution in [3.8, 4) is 0 Å². The summed E-state index contributed by atoms with van der Waals surface area (Å²) in [5, 5.41) is 11.0. The van der Waals surface area contributed by atoms with Gasteiger partial charge in [-0.1, -0.05) is 31.8 Å². The number of aryl methyl sites for hydroxylation is 2. The van der Waals surface area contributed by atoms with Gasteiger partial charge in [0.05, 0.1) is 5.69 Å². The molecule has 1 aromatic rings. The highest BCUT2D eigenvalue weighted by atomic mass is 16.5. The van der Waals surface area contributed by atoms with Crippen molar-refractivity contribution >= 4 is 5.96 Å². The highest BCUT2D eigenvalue weighted by Crippen LogP contribution is 2.17. The van der Waals surface area contributed by atoms with Gasteiger partial charge in [0.25, 0.3) is 0 Å². The summed E-state index contributed by atoms with van der Waals surface area (Å²) in [5.41, 5.74) is 2.17. The molecule has 6 nitrogen and oxygen atoms in total. The van der Waals surface area contributed by atoms with Crippen LogP contribution in [0, 0.1) is 19.8 Å². The molecule has 0 bridgehead atoms. The topological polar surface area (TPSA) is 65.7 Å². The van der Waals surface area contributed by atoms with Crippen LogP contribution >= 0.6 is 0 Å². The van der Waals surface area contributed by atoms with E-state index in [1.807, 2.05) is 20.9 Å². The molecule has 0 saturated carbocycles. The lowest BCUT2D eigenvalue weighted by Gasteiger charge is -2.34. The number of guanidine groups is 1. The van der Waals surface area contributed by atoms with Crippen LogP contribution in [0.5, 0.6) is 0 Å². The van der Waals surface area contributed by atoms with Crippen molar-refractivity contribution in [3.63, 3.8) is 0 Å².